The molecule has 1 amide bonds. The van der Waals surface area contributed by atoms with Crippen molar-refractivity contribution in [3.8, 4) is 5.75 Å². The lowest BCUT2D eigenvalue weighted by molar-refractivity contribution is 0.0968. The fourth-order valence-electron chi connectivity index (χ4n) is 3.19. The Labute approximate surface area is 157 Å². The van der Waals surface area contributed by atoms with Crippen LogP contribution in [0.4, 0.5) is 5.69 Å². The third-order valence-electron chi connectivity index (χ3n) is 4.75. The van der Waals surface area contributed by atoms with Crippen LogP contribution >= 0.6 is 0 Å². The van der Waals surface area contributed by atoms with E-state index in [1.807, 2.05) is 56.3 Å². The van der Waals surface area contributed by atoms with Gasteiger partial charge in [-0.3, -0.25) is 4.79 Å². The Balaban J connectivity index is 1.75. The molecule has 0 aliphatic rings. The van der Waals surface area contributed by atoms with Gasteiger partial charge in [0.2, 0.25) is 5.71 Å². The van der Waals surface area contributed by atoms with E-state index in [0.717, 1.165) is 38.9 Å². The molecule has 136 valence electrons. The van der Waals surface area contributed by atoms with E-state index in [4.69, 9.17) is 9.15 Å². The first-order chi connectivity index (χ1) is 13.0. The highest BCUT2D eigenvalue weighted by molar-refractivity contribution is 6.06. The first kappa shape index (κ1) is 17.1. The van der Waals surface area contributed by atoms with Gasteiger partial charge in [-0.15, -0.1) is 0 Å². The molecule has 0 saturated heterocycles. The highest BCUT2D eigenvalue weighted by Crippen LogP contribution is 2.27. The zero-order valence-corrected chi connectivity index (χ0v) is 15.7. The normalized spacial score (nSPS) is 11.1. The number of ether oxygens (including phenoxy) is 1. The zero-order valence-electron chi connectivity index (χ0n) is 15.7. The van der Waals surface area contributed by atoms with Crippen LogP contribution in [0.3, 0.4) is 0 Å². The summed E-state index contributed by atoms with van der Waals surface area (Å²) in [7, 11) is 3.37. The number of pyridine rings is 1. The molecule has 4 aromatic rings. The lowest BCUT2D eigenvalue weighted by atomic mass is 10.1. The van der Waals surface area contributed by atoms with Crippen molar-refractivity contribution in [3.63, 3.8) is 0 Å². The van der Waals surface area contributed by atoms with E-state index < -0.39 is 0 Å². The number of hydrogen-bond acceptors (Lipinski definition) is 4. The molecule has 0 aliphatic heterocycles. The molecule has 0 aliphatic carbocycles. The average Bonchev–Trinajstić information content (AvgIpc) is 3.09. The predicted octanol–water partition coefficient (Wildman–Crippen LogP) is 4.88. The second-order valence-electron chi connectivity index (χ2n) is 6.71. The van der Waals surface area contributed by atoms with Gasteiger partial charge in [0, 0.05) is 29.6 Å². The predicted molar refractivity (Wildman–Crippen MR) is 107 cm³/mol. The van der Waals surface area contributed by atoms with Gasteiger partial charge in [0.15, 0.2) is 5.76 Å². The number of methoxy groups -OCH3 is 1. The number of nitrogens with zero attached hydrogens (tertiary/aromatic N) is 2. The maximum atomic E-state index is 13.0. The van der Waals surface area contributed by atoms with Gasteiger partial charge < -0.3 is 14.1 Å². The highest BCUT2D eigenvalue weighted by atomic mass is 16.5. The Bertz CT molecular complexity index is 1180. The maximum absolute atomic E-state index is 13.0. The largest absolute Gasteiger partial charge is 0.497 e. The molecule has 0 spiro atoms. The Morgan fingerprint density at radius 3 is 2.63 bits per heavy atom. The minimum absolute atomic E-state index is 0.205. The third-order valence-corrected chi connectivity index (χ3v) is 4.75. The Morgan fingerprint density at radius 2 is 1.85 bits per heavy atom. The minimum Gasteiger partial charge on any atom is -0.497 e. The van der Waals surface area contributed by atoms with Crippen molar-refractivity contribution in [2.24, 2.45) is 0 Å². The summed E-state index contributed by atoms with van der Waals surface area (Å²) >= 11 is 0. The van der Waals surface area contributed by atoms with Gasteiger partial charge >= 0.3 is 0 Å². The average molecular weight is 360 g/mol. The molecule has 0 saturated carbocycles. The second kappa shape index (κ2) is 6.43. The summed E-state index contributed by atoms with van der Waals surface area (Å²) in [6.45, 7) is 3.99. The number of rotatable bonds is 3. The van der Waals surface area contributed by atoms with Crippen molar-refractivity contribution in [2.75, 3.05) is 19.1 Å². The van der Waals surface area contributed by atoms with E-state index in [1.165, 1.54) is 0 Å². The van der Waals surface area contributed by atoms with Crippen molar-refractivity contribution in [3.05, 3.63) is 65.4 Å². The van der Waals surface area contributed by atoms with E-state index in [1.54, 1.807) is 25.1 Å². The van der Waals surface area contributed by atoms with Crippen molar-refractivity contribution >= 4 is 33.6 Å². The van der Waals surface area contributed by atoms with Gasteiger partial charge in [-0.25, -0.2) is 4.98 Å². The number of anilines is 1. The molecule has 27 heavy (non-hydrogen) atoms. The molecule has 4 rings (SSSR count). The van der Waals surface area contributed by atoms with E-state index in [-0.39, 0.29) is 11.7 Å². The van der Waals surface area contributed by atoms with Crippen LogP contribution in [0.2, 0.25) is 0 Å². The van der Waals surface area contributed by atoms with Crippen LogP contribution in [0.5, 0.6) is 5.75 Å². The first-order valence-corrected chi connectivity index (χ1v) is 8.70. The molecule has 2 heterocycles. The second-order valence-corrected chi connectivity index (χ2v) is 6.71. The fraction of sp³-hybridized carbons (Fsp3) is 0.182. The third kappa shape index (κ3) is 3.01. The van der Waals surface area contributed by atoms with Crippen molar-refractivity contribution in [1.29, 1.82) is 0 Å². The molecule has 0 fully saturated rings. The molecule has 5 heteroatoms. The van der Waals surface area contributed by atoms with Crippen LogP contribution < -0.4 is 9.64 Å². The number of carbonyl (C=O) groups is 1. The quantitative estimate of drug-likeness (QED) is 0.522. The summed E-state index contributed by atoms with van der Waals surface area (Å²) in [6, 6.07) is 15.4. The number of aromatic nitrogens is 1. The first-order valence-electron chi connectivity index (χ1n) is 8.70. The number of hydrogen-bond donors (Lipinski definition) is 0. The van der Waals surface area contributed by atoms with Gasteiger partial charge in [0.1, 0.15) is 5.75 Å². The zero-order chi connectivity index (χ0) is 19.1. The van der Waals surface area contributed by atoms with Gasteiger partial charge in [-0.1, -0.05) is 12.1 Å². The summed E-state index contributed by atoms with van der Waals surface area (Å²) in [6.07, 6.45) is 0. The van der Waals surface area contributed by atoms with Gasteiger partial charge in [-0.05, 0) is 55.3 Å². The Morgan fingerprint density at radius 1 is 1.04 bits per heavy atom. The molecule has 0 unspecified atom stereocenters. The minimum atomic E-state index is -0.205. The molecular formula is C22H20N2O3. The highest BCUT2D eigenvalue weighted by Gasteiger charge is 2.20. The van der Waals surface area contributed by atoms with Crippen molar-refractivity contribution in [2.45, 2.75) is 13.8 Å². The topological polar surface area (TPSA) is 55.6 Å². The summed E-state index contributed by atoms with van der Waals surface area (Å²) in [4.78, 5) is 19.1. The van der Waals surface area contributed by atoms with Crippen LogP contribution in [0.15, 0.2) is 52.9 Å². The number of furan rings is 1. The van der Waals surface area contributed by atoms with Gasteiger partial charge in [-0.2, -0.15) is 0 Å². The fourth-order valence-corrected chi connectivity index (χ4v) is 3.19. The number of carbonyl (C=O) groups excluding carboxylic acids is 1. The lowest BCUT2D eigenvalue weighted by Crippen LogP contribution is -2.26. The van der Waals surface area contributed by atoms with Crippen LogP contribution in [0.25, 0.3) is 22.0 Å². The molecule has 0 bridgehead atoms. The number of benzene rings is 2. The molecule has 0 atom stereocenters. The smallest absolute Gasteiger partial charge is 0.293 e. The van der Waals surface area contributed by atoms with E-state index in [9.17, 15) is 4.79 Å². The van der Waals surface area contributed by atoms with Crippen LogP contribution in [-0.2, 0) is 0 Å². The van der Waals surface area contributed by atoms with Crippen LogP contribution in [0.1, 0.15) is 21.7 Å². The van der Waals surface area contributed by atoms with Crippen molar-refractivity contribution < 1.29 is 13.9 Å². The van der Waals surface area contributed by atoms with Crippen LogP contribution in [-0.4, -0.2) is 25.0 Å². The molecular weight excluding hydrogens is 340 g/mol. The number of fused-ring (bicyclic) bond motifs is 2. The summed E-state index contributed by atoms with van der Waals surface area (Å²) in [5.41, 5.74) is 4.19. The summed E-state index contributed by atoms with van der Waals surface area (Å²) in [5.74, 6) is 0.790. The maximum Gasteiger partial charge on any atom is 0.293 e. The Kier molecular flexibility index (Phi) is 4.07. The summed E-state index contributed by atoms with van der Waals surface area (Å²) in [5, 5.41) is 1.76. The number of amides is 1. The van der Waals surface area contributed by atoms with Crippen molar-refractivity contribution in [1.82, 2.24) is 4.98 Å². The van der Waals surface area contributed by atoms with E-state index >= 15 is 0 Å². The van der Waals surface area contributed by atoms with Crippen LogP contribution in [0, 0.1) is 13.8 Å². The molecule has 5 nitrogen and oxygen atoms in total. The molecule has 0 radical (unpaired) electrons. The van der Waals surface area contributed by atoms with E-state index in [0.29, 0.717) is 5.71 Å². The number of aryl methyl sites for hydroxylation is 2. The van der Waals surface area contributed by atoms with E-state index in [2.05, 4.69) is 4.98 Å². The SMILES string of the molecule is COc1ccc2cc3cc(C(=O)N(C)c4cc(C)ccc4C)oc3nc2c1. The molecule has 2 aromatic heterocycles. The Hall–Kier alpha value is -3.34. The lowest BCUT2D eigenvalue weighted by Gasteiger charge is -2.18. The standard InChI is InChI=1S/C22H20N2O3/c1-13-5-6-14(2)19(9-13)24(3)22(25)20-11-16-10-15-7-8-17(26-4)12-18(15)23-21(16)27-20/h5-12H,1-4H3. The van der Waals surface area contributed by atoms with Gasteiger partial charge in [0.05, 0.1) is 12.6 Å². The summed E-state index contributed by atoms with van der Waals surface area (Å²) < 4.78 is 11.0. The van der Waals surface area contributed by atoms with Gasteiger partial charge in [0.25, 0.3) is 5.91 Å². The monoisotopic (exact) mass is 360 g/mol. The molecule has 2 aromatic carbocycles. The molecule has 0 N–H and O–H groups in total.